The molecule has 0 bridgehead atoms. The van der Waals surface area contributed by atoms with Crippen LogP contribution in [0.25, 0.3) is 0 Å². The smallest absolute Gasteiger partial charge is 0.258 e. The molecule has 158 valence electrons. The van der Waals surface area contributed by atoms with E-state index >= 15 is 0 Å². The highest BCUT2D eigenvalue weighted by atomic mass is 16.2. The topological polar surface area (TPSA) is 105 Å². The Morgan fingerprint density at radius 3 is 2.16 bits per heavy atom. The molecule has 0 aliphatic carbocycles. The lowest BCUT2D eigenvalue weighted by molar-refractivity contribution is -0.114. The summed E-state index contributed by atoms with van der Waals surface area (Å²) < 4.78 is 0. The molecule has 0 aliphatic rings. The first kappa shape index (κ1) is 21.6. The number of para-hydroxylation sites is 1. The Labute approximate surface area is 180 Å². The van der Waals surface area contributed by atoms with E-state index in [0.29, 0.717) is 29.0 Å². The number of amides is 3. The summed E-state index contributed by atoms with van der Waals surface area (Å²) in [6, 6.07) is 22.9. The first-order valence-electron chi connectivity index (χ1n) is 9.88. The van der Waals surface area contributed by atoms with Gasteiger partial charge in [-0.2, -0.15) is 0 Å². The zero-order chi connectivity index (χ0) is 22.2. The number of hydrogen-bond acceptors (Lipinski definition) is 4. The predicted octanol–water partition coefficient (Wildman–Crippen LogP) is 3.50. The van der Waals surface area contributed by atoms with E-state index in [4.69, 9.17) is 5.73 Å². The van der Waals surface area contributed by atoms with E-state index < -0.39 is 5.91 Å². The van der Waals surface area contributed by atoms with Crippen LogP contribution in [0.4, 0.5) is 17.1 Å². The number of primary amides is 1. The van der Waals surface area contributed by atoms with Crippen LogP contribution in [-0.4, -0.2) is 30.8 Å². The quantitative estimate of drug-likeness (QED) is 0.523. The van der Waals surface area contributed by atoms with Crippen molar-refractivity contribution >= 4 is 34.8 Å². The molecule has 3 aromatic carbocycles. The Bertz CT molecular complexity index is 1080. The summed E-state index contributed by atoms with van der Waals surface area (Å²) in [4.78, 5) is 38.2. The largest absolute Gasteiger partial charge is 0.376 e. The van der Waals surface area contributed by atoms with Crippen LogP contribution in [0.1, 0.15) is 27.6 Å². The molecule has 0 aromatic heterocycles. The van der Waals surface area contributed by atoms with Crippen molar-refractivity contribution in [1.29, 1.82) is 0 Å². The van der Waals surface area contributed by atoms with Gasteiger partial charge in [0.1, 0.15) is 0 Å². The summed E-state index contributed by atoms with van der Waals surface area (Å²) in [6.07, 6.45) is 0. The molecule has 7 heteroatoms. The number of nitrogens with one attached hydrogen (secondary N) is 2. The Kier molecular flexibility index (Phi) is 7.01. The van der Waals surface area contributed by atoms with Gasteiger partial charge in [-0.25, -0.2) is 0 Å². The number of rotatable bonds is 8. The van der Waals surface area contributed by atoms with Crippen LogP contribution >= 0.6 is 0 Å². The van der Waals surface area contributed by atoms with E-state index in [1.165, 1.54) is 6.07 Å². The summed E-state index contributed by atoms with van der Waals surface area (Å²) in [5.74, 6) is -0.977. The van der Waals surface area contributed by atoms with E-state index in [0.717, 1.165) is 5.69 Å². The molecule has 0 radical (unpaired) electrons. The van der Waals surface area contributed by atoms with Crippen molar-refractivity contribution in [3.05, 3.63) is 90.0 Å². The maximum absolute atomic E-state index is 13.0. The van der Waals surface area contributed by atoms with E-state index in [-0.39, 0.29) is 18.4 Å². The molecular formula is C24H24N4O3. The number of hydrogen-bond donors (Lipinski definition) is 3. The third kappa shape index (κ3) is 5.70. The van der Waals surface area contributed by atoms with Gasteiger partial charge in [-0.05, 0) is 55.5 Å². The zero-order valence-corrected chi connectivity index (χ0v) is 17.2. The molecule has 3 aromatic rings. The SMILES string of the molecule is CCN(C(=O)c1cccc(NCC(=O)Nc2cccc(C(N)=O)c2)c1)c1ccccc1. The Morgan fingerprint density at radius 1 is 0.839 bits per heavy atom. The third-order valence-corrected chi connectivity index (χ3v) is 4.62. The molecule has 0 spiro atoms. The second-order valence-corrected chi connectivity index (χ2v) is 6.81. The standard InChI is InChI=1S/C24H24N4O3/c1-2-28(21-12-4-3-5-13-21)24(31)18-9-7-10-19(15-18)26-16-22(29)27-20-11-6-8-17(14-20)23(25)30/h3-15,26H,2,16H2,1H3,(H2,25,30)(H,27,29). The van der Waals surface area contributed by atoms with Gasteiger partial charge in [0, 0.05) is 34.7 Å². The van der Waals surface area contributed by atoms with Gasteiger partial charge in [-0.1, -0.05) is 30.3 Å². The van der Waals surface area contributed by atoms with Crippen LogP contribution in [0.15, 0.2) is 78.9 Å². The van der Waals surface area contributed by atoms with Gasteiger partial charge >= 0.3 is 0 Å². The third-order valence-electron chi connectivity index (χ3n) is 4.62. The van der Waals surface area contributed by atoms with E-state index in [9.17, 15) is 14.4 Å². The fourth-order valence-electron chi connectivity index (χ4n) is 3.11. The average Bonchev–Trinajstić information content (AvgIpc) is 2.79. The fraction of sp³-hybridized carbons (Fsp3) is 0.125. The first-order valence-corrected chi connectivity index (χ1v) is 9.88. The maximum atomic E-state index is 13.0. The minimum Gasteiger partial charge on any atom is -0.376 e. The number of nitrogens with zero attached hydrogens (tertiary/aromatic N) is 1. The molecule has 0 heterocycles. The average molecular weight is 416 g/mol. The Morgan fingerprint density at radius 2 is 1.48 bits per heavy atom. The highest BCUT2D eigenvalue weighted by Crippen LogP contribution is 2.19. The summed E-state index contributed by atoms with van der Waals surface area (Å²) in [7, 11) is 0. The molecule has 3 amide bonds. The predicted molar refractivity (Wildman–Crippen MR) is 122 cm³/mol. The van der Waals surface area contributed by atoms with Crippen LogP contribution in [0.2, 0.25) is 0 Å². The van der Waals surface area contributed by atoms with Gasteiger partial charge in [0.25, 0.3) is 5.91 Å². The van der Waals surface area contributed by atoms with Crippen molar-refractivity contribution in [2.45, 2.75) is 6.92 Å². The lowest BCUT2D eigenvalue weighted by Gasteiger charge is -2.21. The molecule has 0 atom stereocenters. The van der Waals surface area contributed by atoms with Crippen molar-refractivity contribution in [2.24, 2.45) is 5.73 Å². The minimum atomic E-state index is -0.563. The molecule has 0 unspecified atom stereocenters. The molecule has 0 saturated heterocycles. The zero-order valence-electron chi connectivity index (χ0n) is 17.2. The number of carbonyl (C=O) groups is 3. The van der Waals surface area contributed by atoms with Crippen LogP contribution < -0.4 is 21.3 Å². The summed E-state index contributed by atoms with van der Waals surface area (Å²) >= 11 is 0. The molecule has 3 rings (SSSR count). The lowest BCUT2D eigenvalue weighted by atomic mass is 10.1. The van der Waals surface area contributed by atoms with E-state index in [2.05, 4.69) is 10.6 Å². The van der Waals surface area contributed by atoms with Crippen molar-refractivity contribution in [3.8, 4) is 0 Å². The summed E-state index contributed by atoms with van der Waals surface area (Å²) in [5, 5.41) is 5.73. The first-order chi connectivity index (χ1) is 15.0. The Hall–Kier alpha value is -4.13. The van der Waals surface area contributed by atoms with Crippen LogP contribution in [0.5, 0.6) is 0 Å². The number of anilines is 3. The number of nitrogens with two attached hydrogens (primary N) is 1. The lowest BCUT2D eigenvalue weighted by Crippen LogP contribution is -2.30. The highest BCUT2D eigenvalue weighted by molar-refractivity contribution is 6.06. The highest BCUT2D eigenvalue weighted by Gasteiger charge is 2.16. The summed E-state index contributed by atoms with van der Waals surface area (Å²) in [5.41, 5.74) is 8.05. The van der Waals surface area contributed by atoms with E-state index in [1.54, 1.807) is 47.4 Å². The van der Waals surface area contributed by atoms with Crippen LogP contribution in [-0.2, 0) is 4.79 Å². The number of carbonyl (C=O) groups excluding carboxylic acids is 3. The van der Waals surface area contributed by atoms with Crippen molar-refractivity contribution in [3.63, 3.8) is 0 Å². The van der Waals surface area contributed by atoms with Gasteiger partial charge in [-0.3, -0.25) is 14.4 Å². The molecular weight excluding hydrogens is 392 g/mol. The van der Waals surface area contributed by atoms with Crippen LogP contribution in [0, 0.1) is 0 Å². The monoisotopic (exact) mass is 416 g/mol. The van der Waals surface area contributed by atoms with Crippen molar-refractivity contribution < 1.29 is 14.4 Å². The molecule has 4 N–H and O–H groups in total. The van der Waals surface area contributed by atoms with Crippen molar-refractivity contribution in [2.75, 3.05) is 28.6 Å². The molecule has 0 aliphatic heterocycles. The van der Waals surface area contributed by atoms with Gasteiger partial charge in [0.15, 0.2) is 0 Å². The maximum Gasteiger partial charge on any atom is 0.258 e. The Balaban J connectivity index is 1.64. The number of benzene rings is 3. The van der Waals surface area contributed by atoms with E-state index in [1.807, 2.05) is 37.3 Å². The van der Waals surface area contributed by atoms with Gasteiger partial charge in [0.05, 0.1) is 6.54 Å². The molecule has 31 heavy (non-hydrogen) atoms. The second-order valence-electron chi connectivity index (χ2n) is 6.81. The fourth-order valence-corrected chi connectivity index (χ4v) is 3.11. The molecule has 7 nitrogen and oxygen atoms in total. The van der Waals surface area contributed by atoms with Crippen molar-refractivity contribution in [1.82, 2.24) is 0 Å². The normalized spacial score (nSPS) is 10.2. The molecule has 0 fully saturated rings. The van der Waals surface area contributed by atoms with Gasteiger partial charge in [-0.15, -0.1) is 0 Å². The molecule has 0 saturated carbocycles. The van der Waals surface area contributed by atoms with Gasteiger partial charge < -0.3 is 21.3 Å². The second kappa shape index (κ2) is 10.1. The van der Waals surface area contributed by atoms with Gasteiger partial charge in [0.2, 0.25) is 11.8 Å². The minimum absolute atomic E-state index is 0.00534. The summed E-state index contributed by atoms with van der Waals surface area (Å²) in [6.45, 7) is 2.45. The van der Waals surface area contributed by atoms with Crippen LogP contribution in [0.3, 0.4) is 0 Å².